The molecule has 2 aromatic rings. The molecule has 0 aromatic heterocycles. The fraction of sp³-hybridized carbons (Fsp3) is 0.318. The van der Waals surface area contributed by atoms with Crippen LogP contribution in [-0.2, 0) is 30.7 Å². The second kappa shape index (κ2) is 9.92. The molecule has 1 aliphatic rings. The largest absolute Gasteiger partial charge is 0.465 e. The summed E-state index contributed by atoms with van der Waals surface area (Å²) < 4.78 is 36.4. The molecule has 2 aromatic carbocycles. The topological polar surface area (TPSA) is 128 Å². The van der Waals surface area contributed by atoms with E-state index in [0.717, 1.165) is 18.4 Å². The van der Waals surface area contributed by atoms with Crippen LogP contribution in [0.3, 0.4) is 0 Å². The van der Waals surface area contributed by atoms with Gasteiger partial charge in [-0.15, -0.1) is 0 Å². The zero-order valence-electron chi connectivity index (χ0n) is 17.7. The molecule has 1 amide bonds. The van der Waals surface area contributed by atoms with Gasteiger partial charge in [0, 0.05) is 18.2 Å². The Labute approximate surface area is 186 Å². The Morgan fingerprint density at radius 2 is 1.50 bits per heavy atom. The number of benzene rings is 2. The SMILES string of the molecule is COC(=O)c1cc(NC(=O)CCc2ccc(S(=O)(=O)NC3CC3)cc2)cc(C(=O)OC)c1. The predicted octanol–water partition coefficient (Wildman–Crippen LogP) is 2.27. The van der Waals surface area contributed by atoms with E-state index in [-0.39, 0.29) is 40.1 Å². The molecule has 3 rings (SSSR count). The Morgan fingerprint density at radius 1 is 0.938 bits per heavy atom. The van der Waals surface area contributed by atoms with Gasteiger partial charge < -0.3 is 14.8 Å². The van der Waals surface area contributed by atoms with Crippen LogP contribution < -0.4 is 10.0 Å². The summed E-state index contributed by atoms with van der Waals surface area (Å²) in [6.45, 7) is 0. The minimum Gasteiger partial charge on any atom is -0.465 e. The molecule has 1 fully saturated rings. The van der Waals surface area contributed by atoms with Crippen molar-refractivity contribution >= 4 is 33.6 Å². The van der Waals surface area contributed by atoms with Gasteiger partial charge in [-0.2, -0.15) is 0 Å². The quantitative estimate of drug-likeness (QED) is 0.550. The smallest absolute Gasteiger partial charge is 0.337 e. The summed E-state index contributed by atoms with van der Waals surface area (Å²) in [5.74, 6) is -1.65. The summed E-state index contributed by atoms with van der Waals surface area (Å²) in [6, 6.07) is 10.5. The first kappa shape index (κ1) is 23.4. The van der Waals surface area contributed by atoms with Crippen molar-refractivity contribution in [1.29, 1.82) is 0 Å². The summed E-state index contributed by atoms with van der Waals surface area (Å²) in [7, 11) is -1.09. The second-order valence-electron chi connectivity index (χ2n) is 7.37. The first-order valence-corrected chi connectivity index (χ1v) is 11.4. The molecule has 0 atom stereocenters. The highest BCUT2D eigenvalue weighted by molar-refractivity contribution is 7.89. The Kier molecular flexibility index (Phi) is 7.26. The van der Waals surface area contributed by atoms with E-state index in [9.17, 15) is 22.8 Å². The van der Waals surface area contributed by atoms with Crippen LogP contribution in [0.25, 0.3) is 0 Å². The van der Waals surface area contributed by atoms with Crippen molar-refractivity contribution in [3.63, 3.8) is 0 Å². The molecule has 1 aliphatic carbocycles. The lowest BCUT2D eigenvalue weighted by Crippen LogP contribution is -2.25. The number of ether oxygens (including phenoxy) is 2. The molecule has 170 valence electrons. The van der Waals surface area contributed by atoms with E-state index in [1.54, 1.807) is 12.1 Å². The molecular weight excluding hydrogens is 436 g/mol. The highest BCUT2D eigenvalue weighted by atomic mass is 32.2. The van der Waals surface area contributed by atoms with E-state index in [1.807, 2.05) is 0 Å². The number of carbonyl (C=O) groups excluding carboxylic acids is 3. The Hall–Kier alpha value is -3.24. The van der Waals surface area contributed by atoms with Gasteiger partial charge in [0.15, 0.2) is 0 Å². The number of rotatable bonds is 9. The second-order valence-corrected chi connectivity index (χ2v) is 9.08. The van der Waals surface area contributed by atoms with E-state index in [2.05, 4.69) is 19.5 Å². The minimum absolute atomic E-state index is 0.0285. The van der Waals surface area contributed by atoms with Crippen LogP contribution in [-0.4, -0.2) is 46.5 Å². The summed E-state index contributed by atoms with van der Waals surface area (Å²) in [5.41, 5.74) is 1.25. The molecule has 0 saturated heterocycles. The lowest BCUT2D eigenvalue weighted by molar-refractivity contribution is -0.116. The van der Waals surface area contributed by atoms with Gasteiger partial charge in [-0.1, -0.05) is 12.1 Å². The van der Waals surface area contributed by atoms with Crippen LogP contribution in [0.1, 0.15) is 45.5 Å². The number of anilines is 1. The average molecular weight is 461 g/mol. The number of carbonyl (C=O) groups is 3. The molecule has 0 heterocycles. The monoisotopic (exact) mass is 460 g/mol. The van der Waals surface area contributed by atoms with Gasteiger partial charge in [-0.3, -0.25) is 4.79 Å². The molecule has 0 unspecified atom stereocenters. The summed E-state index contributed by atoms with van der Waals surface area (Å²) in [4.78, 5) is 36.3. The number of aryl methyl sites for hydroxylation is 1. The van der Waals surface area contributed by atoms with Crippen molar-refractivity contribution in [3.05, 3.63) is 59.2 Å². The van der Waals surface area contributed by atoms with E-state index in [1.165, 1.54) is 44.6 Å². The predicted molar refractivity (Wildman–Crippen MR) is 116 cm³/mol. The Balaban J connectivity index is 1.63. The van der Waals surface area contributed by atoms with Crippen molar-refractivity contribution in [3.8, 4) is 0 Å². The summed E-state index contributed by atoms with van der Waals surface area (Å²) >= 11 is 0. The average Bonchev–Trinajstić information content (AvgIpc) is 3.59. The van der Waals surface area contributed by atoms with Crippen molar-refractivity contribution < 1.29 is 32.3 Å². The molecule has 2 N–H and O–H groups in total. The maximum Gasteiger partial charge on any atom is 0.337 e. The van der Waals surface area contributed by atoms with Crippen molar-refractivity contribution in [2.24, 2.45) is 0 Å². The Morgan fingerprint density at radius 3 is 2.00 bits per heavy atom. The van der Waals surface area contributed by atoms with Crippen LogP contribution in [0.5, 0.6) is 0 Å². The van der Waals surface area contributed by atoms with Crippen LogP contribution in [0.4, 0.5) is 5.69 Å². The maximum atomic E-state index is 12.4. The number of hydrogen-bond donors (Lipinski definition) is 2. The van der Waals surface area contributed by atoms with Crippen molar-refractivity contribution in [2.75, 3.05) is 19.5 Å². The van der Waals surface area contributed by atoms with Gasteiger partial charge in [-0.05, 0) is 55.2 Å². The first-order valence-electron chi connectivity index (χ1n) is 9.94. The molecule has 0 spiro atoms. The summed E-state index contributed by atoms with van der Waals surface area (Å²) in [6.07, 6.45) is 2.21. The summed E-state index contributed by atoms with van der Waals surface area (Å²) in [5, 5.41) is 2.65. The molecule has 32 heavy (non-hydrogen) atoms. The van der Waals surface area contributed by atoms with Crippen LogP contribution >= 0.6 is 0 Å². The van der Waals surface area contributed by atoms with Gasteiger partial charge in [0.25, 0.3) is 0 Å². The minimum atomic E-state index is -3.52. The standard InChI is InChI=1S/C22H24N2O7S/c1-30-21(26)15-11-16(22(27)31-2)13-18(12-15)23-20(25)10-5-14-3-8-19(9-4-14)32(28,29)24-17-6-7-17/h3-4,8-9,11-13,17,24H,5-7,10H2,1-2H3,(H,23,25). The number of sulfonamides is 1. The molecule has 0 bridgehead atoms. The van der Waals surface area contributed by atoms with Crippen molar-refractivity contribution in [1.82, 2.24) is 4.72 Å². The molecule has 10 heteroatoms. The van der Waals surface area contributed by atoms with Gasteiger partial charge in [0.2, 0.25) is 15.9 Å². The van der Waals surface area contributed by atoms with E-state index in [0.29, 0.717) is 6.42 Å². The Bertz CT molecular complexity index is 1090. The molecule has 0 aliphatic heterocycles. The third kappa shape index (κ3) is 6.14. The highest BCUT2D eigenvalue weighted by Gasteiger charge is 2.27. The van der Waals surface area contributed by atoms with E-state index in [4.69, 9.17) is 0 Å². The van der Waals surface area contributed by atoms with Crippen molar-refractivity contribution in [2.45, 2.75) is 36.6 Å². The zero-order valence-corrected chi connectivity index (χ0v) is 18.5. The number of amides is 1. The third-order valence-corrected chi connectivity index (χ3v) is 6.37. The number of hydrogen-bond acceptors (Lipinski definition) is 7. The van der Waals surface area contributed by atoms with Gasteiger partial charge >= 0.3 is 11.9 Å². The highest BCUT2D eigenvalue weighted by Crippen LogP contribution is 2.22. The van der Waals surface area contributed by atoms with Crippen LogP contribution in [0.15, 0.2) is 47.4 Å². The number of nitrogens with one attached hydrogen (secondary N) is 2. The zero-order chi connectivity index (χ0) is 23.3. The lowest BCUT2D eigenvalue weighted by Gasteiger charge is -2.10. The van der Waals surface area contributed by atoms with E-state index >= 15 is 0 Å². The number of esters is 2. The molecule has 1 saturated carbocycles. The van der Waals surface area contributed by atoms with Gasteiger partial charge in [-0.25, -0.2) is 22.7 Å². The van der Waals surface area contributed by atoms with E-state index < -0.39 is 22.0 Å². The fourth-order valence-electron chi connectivity index (χ4n) is 2.98. The lowest BCUT2D eigenvalue weighted by atomic mass is 10.1. The maximum absolute atomic E-state index is 12.4. The third-order valence-electron chi connectivity index (χ3n) is 4.83. The first-order chi connectivity index (χ1) is 15.2. The normalized spacial score (nSPS) is 13.3. The van der Waals surface area contributed by atoms with Crippen LogP contribution in [0, 0.1) is 0 Å². The van der Waals surface area contributed by atoms with Gasteiger partial charge in [0.05, 0.1) is 30.2 Å². The number of methoxy groups -OCH3 is 2. The molecule has 9 nitrogen and oxygen atoms in total. The van der Waals surface area contributed by atoms with Gasteiger partial charge in [0.1, 0.15) is 0 Å². The molecular formula is C22H24N2O7S. The molecule has 0 radical (unpaired) electrons. The van der Waals surface area contributed by atoms with Crippen LogP contribution in [0.2, 0.25) is 0 Å². The fourth-order valence-corrected chi connectivity index (χ4v) is 4.28.